The van der Waals surface area contributed by atoms with Gasteiger partial charge in [0.2, 0.25) is 0 Å². The summed E-state index contributed by atoms with van der Waals surface area (Å²) in [6.07, 6.45) is -0.384. The molecule has 0 fully saturated rings. The van der Waals surface area contributed by atoms with Gasteiger partial charge in [-0.25, -0.2) is 4.79 Å². The van der Waals surface area contributed by atoms with E-state index in [0.29, 0.717) is 12.3 Å². The maximum atomic E-state index is 11.1. The molecule has 0 spiro atoms. The molecule has 0 aliphatic heterocycles. The number of carbonyl (C=O) groups is 1. The van der Waals surface area contributed by atoms with Crippen LogP contribution in [-0.4, -0.2) is 25.1 Å². The molecule has 0 saturated heterocycles. The smallest absolute Gasteiger partial charge is 0.410 e. The number of benzene rings is 1. The molecule has 0 aliphatic rings. The summed E-state index contributed by atoms with van der Waals surface area (Å²) in [5.74, 6) is 0.529. The number of hydrogen-bond acceptors (Lipinski definition) is 3. The first-order valence-corrected chi connectivity index (χ1v) is 4.31. The second-order valence-electron chi connectivity index (χ2n) is 3.11. The first kappa shape index (κ1) is 10.5. The Morgan fingerprint density at radius 3 is 2.36 bits per heavy atom. The molecule has 76 valence electrons. The van der Waals surface area contributed by atoms with E-state index in [1.54, 1.807) is 26.2 Å². The molecule has 0 radical (unpaired) electrons. The van der Waals surface area contributed by atoms with E-state index in [2.05, 4.69) is 0 Å². The Morgan fingerprint density at radius 1 is 1.36 bits per heavy atom. The van der Waals surface area contributed by atoms with Gasteiger partial charge < -0.3 is 15.4 Å². The van der Waals surface area contributed by atoms with Crippen LogP contribution in [0.25, 0.3) is 0 Å². The lowest BCUT2D eigenvalue weighted by Crippen LogP contribution is -2.25. The predicted octanol–water partition coefficient (Wildman–Crippen LogP) is 1.21. The van der Waals surface area contributed by atoms with Crippen molar-refractivity contribution in [3.63, 3.8) is 0 Å². The van der Waals surface area contributed by atoms with Gasteiger partial charge in [0.25, 0.3) is 0 Å². The van der Waals surface area contributed by atoms with Crippen molar-refractivity contribution in [2.75, 3.05) is 14.1 Å². The van der Waals surface area contributed by atoms with Crippen LogP contribution in [-0.2, 0) is 6.54 Å². The van der Waals surface area contributed by atoms with E-state index in [1.807, 2.05) is 12.1 Å². The highest BCUT2D eigenvalue weighted by molar-refractivity contribution is 5.69. The average Bonchev–Trinajstić information content (AvgIpc) is 2.19. The average molecular weight is 194 g/mol. The summed E-state index contributed by atoms with van der Waals surface area (Å²) >= 11 is 0. The van der Waals surface area contributed by atoms with Gasteiger partial charge in [0.05, 0.1) is 0 Å². The zero-order valence-corrected chi connectivity index (χ0v) is 8.36. The summed E-state index contributed by atoms with van der Waals surface area (Å²) in [4.78, 5) is 12.5. The fraction of sp³-hybridized carbons (Fsp3) is 0.300. The monoisotopic (exact) mass is 194 g/mol. The molecule has 0 atom stereocenters. The predicted molar refractivity (Wildman–Crippen MR) is 54.0 cm³/mol. The molecule has 0 aliphatic carbocycles. The van der Waals surface area contributed by atoms with E-state index < -0.39 is 0 Å². The number of nitrogens with zero attached hydrogens (tertiary/aromatic N) is 1. The quantitative estimate of drug-likeness (QED) is 0.769. The molecule has 0 unspecified atom stereocenters. The summed E-state index contributed by atoms with van der Waals surface area (Å²) in [6, 6.07) is 7.11. The van der Waals surface area contributed by atoms with E-state index >= 15 is 0 Å². The minimum atomic E-state index is -0.384. The van der Waals surface area contributed by atoms with E-state index in [0.717, 1.165) is 5.56 Å². The number of ether oxygens (including phenoxy) is 1. The third-order valence-electron chi connectivity index (χ3n) is 1.73. The highest BCUT2D eigenvalue weighted by Crippen LogP contribution is 2.12. The summed E-state index contributed by atoms with van der Waals surface area (Å²) in [5, 5.41) is 0. The van der Waals surface area contributed by atoms with Crippen molar-refractivity contribution in [1.29, 1.82) is 0 Å². The molecule has 14 heavy (non-hydrogen) atoms. The van der Waals surface area contributed by atoms with Gasteiger partial charge in [-0.2, -0.15) is 0 Å². The van der Waals surface area contributed by atoms with Crippen LogP contribution in [0.15, 0.2) is 24.3 Å². The number of hydrogen-bond donors (Lipinski definition) is 1. The van der Waals surface area contributed by atoms with Crippen LogP contribution in [0.5, 0.6) is 5.75 Å². The molecule has 2 N–H and O–H groups in total. The fourth-order valence-electron chi connectivity index (χ4n) is 0.886. The Balaban J connectivity index is 2.64. The van der Waals surface area contributed by atoms with Crippen molar-refractivity contribution in [3.8, 4) is 5.75 Å². The van der Waals surface area contributed by atoms with Crippen LogP contribution >= 0.6 is 0 Å². The minimum Gasteiger partial charge on any atom is -0.410 e. The van der Waals surface area contributed by atoms with Crippen LogP contribution in [0, 0.1) is 0 Å². The van der Waals surface area contributed by atoms with Crippen LogP contribution in [0.2, 0.25) is 0 Å². The van der Waals surface area contributed by atoms with Crippen molar-refractivity contribution in [2.24, 2.45) is 5.73 Å². The van der Waals surface area contributed by atoms with Gasteiger partial charge in [0.1, 0.15) is 5.75 Å². The van der Waals surface area contributed by atoms with Crippen molar-refractivity contribution in [1.82, 2.24) is 4.90 Å². The lowest BCUT2D eigenvalue weighted by atomic mass is 10.2. The maximum absolute atomic E-state index is 11.1. The molecule has 0 saturated carbocycles. The van der Waals surface area contributed by atoms with Gasteiger partial charge in [-0.05, 0) is 17.7 Å². The van der Waals surface area contributed by atoms with Crippen LogP contribution in [0.3, 0.4) is 0 Å². The first-order valence-electron chi connectivity index (χ1n) is 4.31. The van der Waals surface area contributed by atoms with E-state index in [4.69, 9.17) is 10.5 Å². The lowest BCUT2D eigenvalue weighted by molar-refractivity contribution is 0.172. The number of amides is 1. The molecule has 1 rings (SSSR count). The number of nitrogens with two attached hydrogens (primary N) is 1. The SMILES string of the molecule is CN(C)C(=O)Oc1ccc(CN)cc1. The molecule has 1 amide bonds. The number of carbonyl (C=O) groups excluding carboxylic acids is 1. The summed E-state index contributed by atoms with van der Waals surface area (Å²) in [6.45, 7) is 0.488. The van der Waals surface area contributed by atoms with Crippen molar-refractivity contribution >= 4 is 6.09 Å². The Morgan fingerprint density at radius 2 is 1.93 bits per heavy atom. The van der Waals surface area contributed by atoms with Crippen molar-refractivity contribution < 1.29 is 9.53 Å². The third kappa shape index (κ3) is 2.74. The zero-order valence-electron chi connectivity index (χ0n) is 8.36. The molecule has 0 aromatic heterocycles. The minimum absolute atomic E-state index is 0.384. The molecule has 4 heteroatoms. The van der Waals surface area contributed by atoms with Gasteiger partial charge in [-0.15, -0.1) is 0 Å². The zero-order chi connectivity index (χ0) is 10.6. The topological polar surface area (TPSA) is 55.6 Å². The molecule has 0 heterocycles. The van der Waals surface area contributed by atoms with Gasteiger partial charge in [-0.3, -0.25) is 0 Å². The summed E-state index contributed by atoms with van der Waals surface area (Å²) < 4.78 is 5.02. The maximum Gasteiger partial charge on any atom is 0.414 e. The molecular formula is C10H14N2O2. The van der Waals surface area contributed by atoms with Crippen LogP contribution in [0.1, 0.15) is 5.56 Å². The second kappa shape index (κ2) is 4.62. The van der Waals surface area contributed by atoms with Gasteiger partial charge in [0, 0.05) is 20.6 Å². The Kier molecular flexibility index (Phi) is 3.48. The molecule has 4 nitrogen and oxygen atoms in total. The first-order chi connectivity index (χ1) is 6.63. The highest BCUT2D eigenvalue weighted by Gasteiger charge is 2.05. The largest absolute Gasteiger partial charge is 0.414 e. The van der Waals surface area contributed by atoms with E-state index in [1.165, 1.54) is 4.90 Å². The Bertz CT molecular complexity index is 306. The molecule has 0 bridgehead atoms. The van der Waals surface area contributed by atoms with E-state index in [-0.39, 0.29) is 6.09 Å². The normalized spacial score (nSPS) is 9.64. The molecular weight excluding hydrogens is 180 g/mol. The van der Waals surface area contributed by atoms with Crippen LogP contribution in [0.4, 0.5) is 4.79 Å². The van der Waals surface area contributed by atoms with Crippen molar-refractivity contribution in [3.05, 3.63) is 29.8 Å². The van der Waals surface area contributed by atoms with Gasteiger partial charge in [-0.1, -0.05) is 12.1 Å². The molecule has 1 aromatic carbocycles. The molecule has 1 aromatic rings. The third-order valence-corrected chi connectivity index (χ3v) is 1.73. The summed E-state index contributed by atoms with van der Waals surface area (Å²) in [7, 11) is 3.27. The Hall–Kier alpha value is -1.55. The number of rotatable bonds is 2. The fourth-order valence-corrected chi connectivity index (χ4v) is 0.886. The second-order valence-corrected chi connectivity index (χ2v) is 3.11. The lowest BCUT2D eigenvalue weighted by Gasteiger charge is -2.10. The highest BCUT2D eigenvalue weighted by atomic mass is 16.6. The van der Waals surface area contributed by atoms with Crippen molar-refractivity contribution in [2.45, 2.75) is 6.54 Å². The van der Waals surface area contributed by atoms with Crippen LogP contribution < -0.4 is 10.5 Å². The Labute approximate surface area is 83.3 Å². The van der Waals surface area contributed by atoms with E-state index in [9.17, 15) is 4.79 Å². The standard InChI is InChI=1S/C10H14N2O2/c1-12(2)10(13)14-9-5-3-8(7-11)4-6-9/h3-6H,7,11H2,1-2H3. The van der Waals surface area contributed by atoms with Gasteiger partial charge >= 0.3 is 6.09 Å². The van der Waals surface area contributed by atoms with Gasteiger partial charge in [0.15, 0.2) is 0 Å². The summed E-state index contributed by atoms with van der Waals surface area (Å²) in [5.41, 5.74) is 6.44.